The molecule has 0 unspecified atom stereocenters. The Morgan fingerprint density at radius 2 is 1.86 bits per heavy atom. The maximum absolute atomic E-state index is 4.40. The van der Waals surface area contributed by atoms with Crippen LogP contribution in [0, 0.1) is 0 Å². The molecule has 3 aromatic rings. The highest BCUT2D eigenvalue weighted by Gasteiger charge is 2.07. The molecule has 0 saturated heterocycles. The normalized spacial score (nSPS) is 11.0. The Bertz CT molecular complexity index is 874. The van der Waals surface area contributed by atoms with Crippen molar-refractivity contribution < 1.29 is 0 Å². The van der Waals surface area contributed by atoms with E-state index in [-0.39, 0.29) is 24.0 Å². The Hall–Kier alpha value is -2.42. The molecule has 2 aromatic heterocycles. The van der Waals surface area contributed by atoms with Gasteiger partial charge in [0.2, 0.25) is 0 Å². The average molecular weight is 490 g/mol. The molecule has 0 fully saturated rings. The van der Waals surface area contributed by atoms with Crippen molar-refractivity contribution in [2.75, 3.05) is 14.1 Å². The Morgan fingerprint density at radius 3 is 2.50 bits per heavy atom. The molecule has 0 spiro atoms. The number of nitrogens with zero attached hydrogens (tertiary/aromatic N) is 5. The van der Waals surface area contributed by atoms with Gasteiger partial charge in [-0.05, 0) is 41.3 Å². The Kier molecular flexibility index (Phi) is 8.43. The number of pyridine rings is 1. The Balaban J connectivity index is 0.00000280. The van der Waals surface area contributed by atoms with Crippen molar-refractivity contribution in [3.05, 3.63) is 77.7 Å². The first-order valence-corrected chi connectivity index (χ1v) is 9.14. The van der Waals surface area contributed by atoms with E-state index in [1.54, 1.807) is 24.1 Å². The summed E-state index contributed by atoms with van der Waals surface area (Å²) in [6.45, 7) is 3.64. The molecule has 148 valence electrons. The van der Waals surface area contributed by atoms with Crippen molar-refractivity contribution >= 4 is 29.9 Å². The van der Waals surface area contributed by atoms with Crippen molar-refractivity contribution in [2.45, 2.75) is 26.4 Å². The van der Waals surface area contributed by atoms with Crippen molar-refractivity contribution in [3.8, 4) is 5.82 Å². The molecular weight excluding hydrogens is 463 g/mol. The lowest BCUT2D eigenvalue weighted by Gasteiger charge is -2.22. The molecule has 7 heteroatoms. The number of aromatic nitrogens is 3. The van der Waals surface area contributed by atoms with Gasteiger partial charge in [-0.25, -0.2) is 9.67 Å². The van der Waals surface area contributed by atoms with E-state index in [4.69, 9.17) is 0 Å². The van der Waals surface area contributed by atoms with Gasteiger partial charge >= 0.3 is 0 Å². The smallest absolute Gasteiger partial charge is 0.193 e. The lowest BCUT2D eigenvalue weighted by molar-refractivity contribution is 0.476. The van der Waals surface area contributed by atoms with Gasteiger partial charge in [0.1, 0.15) is 0 Å². The third-order valence-corrected chi connectivity index (χ3v) is 4.42. The first-order valence-electron chi connectivity index (χ1n) is 9.14. The fourth-order valence-electron chi connectivity index (χ4n) is 2.90. The molecular formula is C21H27IN6. The van der Waals surface area contributed by atoms with Crippen LogP contribution in [0.5, 0.6) is 0 Å². The second-order valence-electron chi connectivity index (χ2n) is 6.40. The van der Waals surface area contributed by atoms with Gasteiger partial charge in [0, 0.05) is 45.8 Å². The van der Waals surface area contributed by atoms with Crippen molar-refractivity contribution in [1.29, 1.82) is 0 Å². The van der Waals surface area contributed by atoms with Crippen LogP contribution < -0.4 is 5.32 Å². The third kappa shape index (κ3) is 5.79. The lowest BCUT2D eigenvalue weighted by atomic mass is 10.1. The molecule has 0 amide bonds. The first-order chi connectivity index (χ1) is 13.2. The molecule has 0 aliphatic heterocycles. The highest BCUT2D eigenvalue weighted by molar-refractivity contribution is 14.0. The van der Waals surface area contributed by atoms with E-state index < -0.39 is 0 Å². The van der Waals surface area contributed by atoms with E-state index in [1.165, 1.54) is 11.1 Å². The second kappa shape index (κ2) is 10.8. The van der Waals surface area contributed by atoms with Gasteiger partial charge in [-0.3, -0.25) is 4.99 Å². The number of benzene rings is 1. The number of nitrogens with one attached hydrogen (secondary N) is 1. The molecule has 0 bridgehead atoms. The number of halogens is 1. The number of guanidine groups is 1. The van der Waals surface area contributed by atoms with E-state index in [2.05, 4.69) is 56.5 Å². The maximum Gasteiger partial charge on any atom is 0.193 e. The van der Waals surface area contributed by atoms with Crippen LogP contribution in [0.4, 0.5) is 0 Å². The summed E-state index contributed by atoms with van der Waals surface area (Å²) in [4.78, 5) is 10.9. The molecule has 1 N–H and O–H groups in total. The van der Waals surface area contributed by atoms with Crippen LogP contribution in [-0.2, 0) is 19.5 Å². The zero-order valence-electron chi connectivity index (χ0n) is 16.5. The van der Waals surface area contributed by atoms with Crippen LogP contribution in [0.3, 0.4) is 0 Å². The monoisotopic (exact) mass is 490 g/mol. The lowest BCUT2D eigenvalue weighted by Crippen LogP contribution is -2.38. The highest BCUT2D eigenvalue weighted by atomic mass is 127. The van der Waals surface area contributed by atoms with Crippen molar-refractivity contribution in [2.24, 2.45) is 4.99 Å². The van der Waals surface area contributed by atoms with E-state index in [0.717, 1.165) is 30.3 Å². The second-order valence-corrected chi connectivity index (χ2v) is 6.40. The van der Waals surface area contributed by atoms with Gasteiger partial charge in [-0.1, -0.05) is 31.2 Å². The predicted octanol–water partition coefficient (Wildman–Crippen LogP) is 3.66. The maximum atomic E-state index is 4.40. The third-order valence-electron chi connectivity index (χ3n) is 4.42. The van der Waals surface area contributed by atoms with Crippen LogP contribution in [0.2, 0.25) is 0 Å². The number of aryl methyl sites for hydroxylation is 1. The van der Waals surface area contributed by atoms with Crippen LogP contribution in [0.15, 0.2) is 66.0 Å². The molecule has 0 atom stereocenters. The van der Waals surface area contributed by atoms with Gasteiger partial charge in [-0.2, -0.15) is 5.10 Å². The van der Waals surface area contributed by atoms with Crippen LogP contribution >= 0.6 is 24.0 Å². The van der Waals surface area contributed by atoms with Crippen LogP contribution in [0.1, 0.15) is 23.6 Å². The summed E-state index contributed by atoms with van der Waals surface area (Å²) in [7, 11) is 3.85. The fraction of sp³-hybridized carbons (Fsp3) is 0.286. The quantitative estimate of drug-likeness (QED) is 0.326. The molecule has 3 rings (SSSR count). The molecule has 28 heavy (non-hydrogen) atoms. The zero-order chi connectivity index (χ0) is 19.1. The number of rotatable bonds is 6. The molecule has 1 aromatic carbocycles. The molecule has 0 aliphatic carbocycles. The SMILES string of the molecule is CCc1ccc(CN(C)C(=NC)NCc2ccnc(-n3cccn3)c2)cc1.I. The van der Waals surface area contributed by atoms with Gasteiger partial charge < -0.3 is 10.2 Å². The molecule has 6 nitrogen and oxygen atoms in total. The highest BCUT2D eigenvalue weighted by Crippen LogP contribution is 2.09. The standard InChI is InChI=1S/C21H26N6.HI/c1-4-17-6-8-18(9-7-17)16-26(3)21(22-2)24-15-19-10-12-23-20(14-19)27-13-5-11-25-27;/h5-14H,4,15-16H2,1-3H3,(H,22,24);1H. The van der Waals surface area contributed by atoms with Crippen molar-refractivity contribution in [1.82, 2.24) is 25.0 Å². The number of aliphatic imine (C=N–C) groups is 1. The van der Waals surface area contributed by atoms with Crippen molar-refractivity contribution in [3.63, 3.8) is 0 Å². The Morgan fingerprint density at radius 1 is 1.11 bits per heavy atom. The molecule has 0 saturated carbocycles. The van der Waals surface area contributed by atoms with E-state index in [1.807, 2.05) is 31.4 Å². The topological polar surface area (TPSA) is 58.3 Å². The predicted molar refractivity (Wildman–Crippen MR) is 124 cm³/mol. The summed E-state index contributed by atoms with van der Waals surface area (Å²) in [6, 6.07) is 14.6. The Labute approximate surface area is 183 Å². The number of hydrogen-bond acceptors (Lipinski definition) is 3. The largest absolute Gasteiger partial charge is 0.352 e. The minimum atomic E-state index is 0. The fourth-order valence-corrected chi connectivity index (χ4v) is 2.90. The summed E-state index contributed by atoms with van der Waals surface area (Å²) in [5, 5.41) is 7.65. The minimum Gasteiger partial charge on any atom is -0.352 e. The van der Waals surface area contributed by atoms with Gasteiger partial charge in [-0.15, -0.1) is 24.0 Å². The van der Waals surface area contributed by atoms with E-state index >= 15 is 0 Å². The molecule has 2 heterocycles. The number of hydrogen-bond donors (Lipinski definition) is 1. The minimum absolute atomic E-state index is 0. The molecule has 0 radical (unpaired) electrons. The van der Waals surface area contributed by atoms with Gasteiger partial charge in [0.15, 0.2) is 11.8 Å². The summed E-state index contributed by atoms with van der Waals surface area (Å²) < 4.78 is 1.75. The first kappa shape index (κ1) is 21.9. The van der Waals surface area contributed by atoms with Crippen LogP contribution in [0.25, 0.3) is 5.82 Å². The summed E-state index contributed by atoms with van der Waals surface area (Å²) >= 11 is 0. The van der Waals surface area contributed by atoms with Crippen LogP contribution in [-0.4, -0.2) is 39.7 Å². The van der Waals surface area contributed by atoms with Gasteiger partial charge in [0.25, 0.3) is 0 Å². The zero-order valence-corrected chi connectivity index (χ0v) is 18.9. The average Bonchev–Trinajstić information content (AvgIpc) is 3.24. The summed E-state index contributed by atoms with van der Waals surface area (Å²) in [6.07, 6.45) is 6.49. The summed E-state index contributed by atoms with van der Waals surface area (Å²) in [5.41, 5.74) is 3.74. The van der Waals surface area contributed by atoms with E-state index in [9.17, 15) is 0 Å². The molecule has 0 aliphatic rings. The van der Waals surface area contributed by atoms with Gasteiger partial charge in [0.05, 0.1) is 0 Å². The van der Waals surface area contributed by atoms with E-state index in [0.29, 0.717) is 6.54 Å². The summed E-state index contributed by atoms with van der Waals surface area (Å²) in [5.74, 6) is 1.66.